The summed E-state index contributed by atoms with van der Waals surface area (Å²) in [4.78, 5) is 32.0. The molecule has 0 saturated heterocycles. The van der Waals surface area contributed by atoms with E-state index in [-0.39, 0.29) is 25.7 Å². The Bertz CT molecular complexity index is 600. The van der Waals surface area contributed by atoms with E-state index >= 15 is 0 Å². The Kier molecular flexibility index (Phi) is 21.4. The molecule has 34 heavy (non-hydrogen) atoms. The van der Waals surface area contributed by atoms with Crippen LogP contribution in [0.3, 0.4) is 0 Å². The summed E-state index contributed by atoms with van der Waals surface area (Å²) >= 11 is 0. The van der Waals surface area contributed by atoms with Gasteiger partial charge in [0.25, 0.3) is 0 Å². The van der Waals surface area contributed by atoms with Crippen LogP contribution in [0.25, 0.3) is 0 Å². The second kappa shape index (κ2) is 22.2. The van der Waals surface area contributed by atoms with E-state index in [1.54, 1.807) is 0 Å². The number of phosphoric ester groups is 1. The number of ether oxygens (including phenoxy) is 1. The zero-order valence-electron chi connectivity index (χ0n) is 21.0. The molecule has 1 amide bonds. The number of rotatable bonds is 23. The summed E-state index contributed by atoms with van der Waals surface area (Å²) in [5.41, 5.74) is 0. The maximum atomic E-state index is 11.8. The van der Waals surface area contributed by atoms with Crippen LogP contribution in [0.5, 0.6) is 0 Å². The van der Waals surface area contributed by atoms with Gasteiger partial charge in [-0.2, -0.15) is 0 Å². The highest BCUT2D eigenvalue weighted by atomic mass is 31.2. The highest BCUT2D eigenvalue weighted by Gasteiger charge is 2.23. The zero-order chi connectivity index (χ0) is 25.5. The third kappa shape index (κ3) is 23.9. The predicted molar refractivity (Wildman–Crippen MR) is 132 cm³/mol. The van der Waals surface area contributed by atoms with Crippen LogP contribution >= 0.6 is 7.82 Å². The molecule has 0 aromatic heterocycles. The van der Waals surface area contributed by atoms with Crippen LogP contribution in [0.4, 0.5) is 0 Å². The van der Waals surface area contributed by atoms with E-state index in [0.29, 0.717) is 6.42 Å². The van der Waals surface area contributed by atoms with Crippen LogP contribution < -0.4 is 5.32 Å². The Labute approximate surface area is 205 Å². The molecule has 10 heteroatoms. The molecule has 0 aliphatic rings. The lowest BCUT2D eigenvalue weighted by molar-refractivity contribution is -0.144. The number of aliphatic hydroxyl groups excluding tert-OH is 1. The van der Waals surface area contributed by atoms with E-state index in [9.17, 15) is 24.2 Å². The van der Waals surface area contributed by atoms with Gasteiger partial charge in [-0.15, -0.1) is 0 Å². The number of esters is 1. The lowest BCUT2D eigenvalue weighted by Gasteiger charge is -2.15. The number of amides is 1. The molecule has 0 fully saturated rings. The number of aliphatic hydroxyl groups is 1. The molecular formula is C24H46NO8P. The first kappa shape index (κ1) is 32.8. The highest BCUT2D eigenvalue weighted by molar-refractivity contribution is 7.47. The molecule has 3 N–H and O–H groups in total. The topological polar surface area (TPSA) is 131 Å². The molecule has 0 aliphatic heterocycles. The summed E-state index contributed by atoms with van der Waals surface area (Å²) in [7, 11) is -4.36. The Hall–Kier alpha value is -1.25. The lowest BCUT2D eigenvalue weighted by atomic mass is 10.1. The summed E-state index contributed by atoms with van der Waals surface area (Å²) < 4.78 is 25.6. The van der Waals surface area contributed by atoms with Crippen molar-refractivity contribution in [3.05, 3.63) is 12.2 Å². The minimum absolute atomic E-state index is 0.0771. The van der Waals surface area contributed by atoms with Crippen molar-refractivity contribution >= 4 is 19.7 Å². The molecule has 200 valence electrons. The first-order chi connectivity index (χ1) is 16.3. The number of carbonyl (C=O) groups excluding carboxylic acids is 2. The highest BCUT2D eigenvalue weighted by Crippen LogP contribution is 2.42. The number of unbranched alkanes of at least 4 members (excludes halogenated alkanes) is 10. The molecule has 2 unspecified atom stereocenters. The van der Waals surface area contributed by atoms with Gasteiger partial charge in [0.05, 0.1) is 13.2 Å². The third-order valence-corrected chi connectivity index (χ3v) is 5.99. The van der Waals surface area contributed by atoms with Crippen molar-refractivity contribution in [3.63, 3.8) is 0 Å². The number of carbonyl (C=O) groups is 2. The van der Waals surface area contributed by atoms with Crippen molar-refractivity contribution in [1.29, 1.82) is 0 Å². The van der Waals surface area contributed by atoms with E-state index in [4.69, 9.17) is 4.52 Å². The number of phosphoric acid groups is 1. The molecule has 0 saturated carbocycles. The Morgan fingerprint density at radius 2 is 1.50 bits per heavy atom. The van der Waals surface area contributed by atoms with Gasteiger partial charge >= 0.3 is 13.8 Å². The summed E-state index contributed by atoms with van der Waals surface area (Å²) in [5, 5.41) is 12.1. The second-order valence-corrected chi connectivity index (χ2v) is 9.84. The van der Waals surface area contributed by atoms with Gasteiger partial charge in [0.15, 0.2) is 0 Å². The molecule has 0 heterocycles. The van der Waals surface area contributed by atoms with Crippen LogP contribution in [-0.4, -0.2) is 54.3 Å². The van der Waals surface area contributed by atoms with E-state index in [2.05, 4.69) is 33.7 Å². The van der Waals surface area contributed by atoms with Gasteiger partial charge in [-0.25, -0.2) is 4.57 Å². The average molecular weight is 508 g/mol. The monoisotopic (exact) mass is 507 g/mol. The molecular weight excluding hydrogens is 461 g/mol. The molecule has 0 aromatic carbocycles. The van der Waals surface area contributed by atoms with Crippen LogP contribution in [0.1, 0.15) is 97.3 Å². The molecule has 0 aromatic rings. The Balaban J connectivity index is 3.55. The quantitative estimate of drug-likeness (QED) is 0.0777. The summed E-state index contributed by atoms with van der Waals surface area (Å²) in [5.74, 6) is -0.708. The van der Waals surface area contributed by atoms with Crippen molar-refractivity contribution in [2.75, 3.05) is 26.4 Å². The standard InChI is InChI=1S/C24H46NO8P/c1-3-4-5-6-7-8-9-10-11-12-13-14-15-16-17-24(28)25-18-19-32-34(29,30)33-21-23(27)20-31-22(2)26/h9-10,23,27H,3-8,11-21H2,1-2H3,(H,25,28)(H,29,30)/b10-9-. The SMILES string of the molecule is CCCCCCC/C=C\CCCCCCCC(=O)NCCOP(=O)(O)OCC(O)COC(C)=O. The number of allylic oxidation sites excluding steroid dienone is 2. The molecule has 0 radical (unpaired) electrons. The second-order valence-electron chi connectivity index (χ2n) is 8.38. The van der Waals surface area contributed by atoms with Gasteiger partial charge < -0.3 is 20.1 Å². The minimum Gasteiger partial charge on any atom is -0.463 e. The number of hydrogen-bond donors (Lipinski definition) is 3. The number of nitrogens with one attached hydrogen (secondary N) is 1. The maximum absolute atomic E-state index is 11.8. The van der Waals surface area contributed by atoms with Crippen LogP contribution in [0.15, 0.2) is 12.2 Å². The smallest absolute Gasteiger partial charge is 0.463 e. The van der Waals surface area contributed by atoms with Crippen LogP contribution in [0, 0.1) is 0 Å². The zero-order valence-corrected chi connectivity index (χ0v) is 21.9. The van der Waals surface area contributed by atoms with Gasteiger partial charge in [0, 0.05) is 19.9 Å². The summed E-state index contributed by atoms with van der Waals surface area (Å²) in [6.45, 7) is 2.42. The van der Waals surface area contributed by atoms with Crippen molar-refractivity contribution in [2.24, 2.45) is 0 Å². The maximum Gasteiger partial charge on any atom is 0.472 e. The molecule has 0 bridgehead atoms. The van der Waals surface area contributed by atoms with E-state index < -0.39 is 26.5 Å². The summed E-state index contributed by atoms with van der Waals surface area (Å²) in [6.07, 6.45) is 17.9. The van der Waals surface area contributed by atoms with Crippen molar-refractivity contribution < 1.29 is 37.9 Å². The first-order valence-electron chi connectivity index (χ1n) is 12.6. The fourth-order valence-electron chi connectivity index (χ4n) is 3.10. The van der Waals surface area contributed by atoms with Gasteiger partial charge in [0.1, 0.15) is 12.7 Å². The minimum atomic E-state index is -4.36. The van der Waals surface area contributed by atoms with Gasteiger partial charge in [-0.05, 0) is 32.1 Å². The van der Waals surface area contributed by atoms with E-state index in [0.717, 1.165) is 32.1 Å². The third-order valence-electron chi connectivity index (χ3n) is 5.00. The molecule has 2 atom stereocenters. The van der Waals surface area contributed by atoms with Crippen molar-refractivity contribution in [2.45, 2.75) is 103 Å². The fraction of sp³-hybridized carbons (Fsp3) is 0.833. The predicted octanol–water partition coefficient (Wildman–Crippen LogP) is 4.81. The summed E-state index contributed by atoms with van der Waals surface area (Å²) in [6, 6.07) is 0. The van der Waals surface area contributed by atoms with Crippen LogP contribution in [0.2, 0.25) is 0 Å². The first-order valence-corrected chi connectivity index (χ1v) is 14.1. The lowest BCUT2D eigenvalue weighted by Crippen LogP contribution is -2.27. The Morgan fingerprint density at radius 1 is 0.912 bits per heavy atom. The van der Waals surface area contributed by atoms with Crippen molar-refractivity contribution in [1.82, 2.24) is 5.32 Å². The normalized spacial score (nSPS) is 14.1. The average Bonchev–Trinajstić information content (AvgIpc) is 2.79. The van der Waals surface area contributed by atoms with Crippen LogP contribution in [-0.2, 0) is 27.9 Å². The fourth-order valence-corrected chi connectivity index (χ4v) is 3.86. The van der Waals surface area contributed by atoms with E-state index in [1.807, 2.05) is 0 Å². The van der Waals surface area contributed by atoms with Crippen molar-refractivity contribution in [3.8, 4) is 0 Å². The van der Waals surface area contributed by atoms with Gasteiger partial charge in [-0.3, -0.25) is 18.6 Å². The number of hydrogen-bond acceptors (Lipinski definition) is 7. The molecule has 0 aliphatic carbocycles. The molecule has 0 spiro atoms. The van der Waals surface area contributed by atoms with Gasteiger partial charge in [0.2, 0.25) is 5.91 Å². The molecule has 0 rings (SSSR count). The Morgan fingerprint density at radius 3 is 2.12 bits per heavy atom. The van der Waals surface area contributed by atoms with Gasteiger partial charge in [-0.1, -0.05) is 64.0 Å². The van der Waals surface area contributed by atoms with E-state index in [1.165, 1.54) is 51.9 Å². The molecule has 9 nitrogen and oxygen atoms in total. The largest absolute Gasteiger partial charge is 0.472 e.